The van der Waals surface area contributed by atoms with Gasteiger partial charge in [0.05, 0.1) is 11.3 Å². The molecule has 0 heterocycles. The highest BCUT2D eigenvalue weighted by Gasteiger charge is 2.35. The van der Waals surface area contributed by atoms with E-state index in [1.165, 1.54) is 0 Å². The smallest absolute Gasteiger partial charge is 0.311 e. The molecule has 1 amide bonds. The van der Waals surface area contributed by atoms with Crippen LogP contribution in [0.25, 0.3) is 0 Å². The normalized spacial score (nSPS) is 13.1. The predicted octanol–water partition coefficient (Wildman–Crippen LogP) is 1.37. The van der Waals surface area contributed by atoms with Crippen LogP contribution in [0.1, 0.15) is 46.5 Å². The Bertz CT molecular complexity index is 275. The highest BCUT2D eigenvalue weighted by Crippen LogP contribution is 2.25. The van der Waals surface area contributed by atoms with Gasteiger partial charge in [0.2, 0.25) is 5.91 Å². The van der Waals surface area contributed by atoms with Gasteiger partial charge in [-0.25, -0.2) is 0 Å². The minimum atomic E-state index is -0.860. The lowest BCUT2D eigenvalue weighted by molar-refractivity contribution is -0.149. The van der Waals surface area contributed by atoms with Crippen LogP contribution >= 0.6 is 0 Å². The van der Waals surface area contributed by atoms with E-state index in [9.17, 15) is 14.7 Å². The number of nitrogens with two attached hydrogens (primary N) is 1. The molecule has 0 aliphatic carbocycles. The van der Waals surface area contributed by atoms with E-state index < -0.39 is 11.4 Å². The number of amides is 1. The number of carbonyl (C=O) groups is 2. The quantitative estimate of drug-likeness (QED) is 0.582. The summed E-state index contributed by atoms with van der Waals surface area (Å²) in [7, 11) is 0. The molecule has 0 aliphatic rings. The largest absolute Gasteiger partial charge is 0.481 e. The molecule has 4 N–H and O–H groups in total. The zero-order chi connectivity index (χ0) is 14.2. The first kappa shape index (κ1) is 16.9. The highest BCUT2D eigenvalue weighted by molar-refractivity contribution is 5.80. The number of hydrogen-bond donors (Lipinski definition) is 3. The molecule has 0 bridgehead atoms. The Labute approximate surface area is 109 Å². The van der Waals surface area contributed by atoms with Gasteiger partial charge < -0.3 is 16.2 Å². The second kappa shape index (κ2) is 8.08. The second-order valence-electron chi connectivity index (χ2n) is 4.73. The summed E-state index contributed by atoms with van der Waals surface area (Å²) >= 11 is 0. The predicted molar refractivity (Wildman–Crippen MR) is 71.1 cm³/mol. The summed E-state index contributed by atoms with van der Waals surface area (Å²) in [6.45, 7) is 6.13. The van der Waals surface area contributed by atoms with Crippen molar-refractivity contribution in [1.82, 2.24) is 5.32 Å². The van der Waals surface area contributed by atoms with Crippen LogP contribution < -0.4 is 11.1 Å². The number of carboxylic acid groups (broad SMARTS) is 1. The van der Waals surface area contributed by atoms with Crippen LogP contribution in [-0.2, 0) is 9.59 Å². The summed E-state index contributed by atoms with van der Waals surface area (Å²) < 4.78 is 0. The Hall–Kier alpha value is -1.10. The van der Waals surface area contributed by atoms with Gasteiger partial charge in [-0.1, -0.05) is 27.2 Å². The monoisotopic (exact) mass is 258 g/mol. The topological polar surface area (TPSA) is 92.4 Å². The number of carboxylic acids is 1. The molecule has 18 heavy (non-hydrogen) atoms. The van der Waals surface area contributed by atoms with E-state index in [-0.39, 0.29) is 18.4 Å². The van der Waals surface area contributed by atoms with Crippen molar-refractivity contribution in [3.63, 3.8) is 0 Å². The highest BCUT2D eigenvalue weighted by atomic mass is 16.4. The molecule has 0 saturated carbocycles. The van der Waals surface area contributed by atoms with Crippen LogP contribution in [0.5, 0.6) is 0 Å². The molecule has 0 radical (unpaired) electrons. The Kier molecular flexibility index (Phi) is 7.59. The van der Waals surface area contributed by atoms with Crippen molar-refractivity contribution in [1.29, 1.82) is 0 Å². The first-order valence-corrected chi connectivity index (χ1v) is 6.68. The molecule has 0 aromatic rings. The van der Waals surface area contributed by atoms with Crippen molar-refractivity contribution in [3.05, 3.63) is 0 Å². The summed E-state index contributed by atoms with van der Waals surface area (Å²) in [5.41, 5.74) is 4.69. The molecule has 0 aliphatic heterocycles. The van der Waals surface area contributed by atoms with Gasteiger partial charge in [-0.3, -0.25) is 9.59 Å². The molecule has 0 aromatic carbocycles. The van der Waals surface area contributed by atoms with Crippen LogP contribution in [0.2, 0.25) is 0 Å². The fourth-order valence-corrected chi connectivity index (χ4v) is 1.98. The Morgan fingerprint density at radius 2 is 1.83 bits per heavy atom. The maximum absolute atomic E-state index is 11.9. The Balaban J connectivity index is 4.52. The van der Waals surface area contributed by atoms with Gasteiger partial charge in [0.15, 0.2) is 0 Å². The van der Waals surface area contributed by atoms with Crippen molar-refractivity contribution < 1.29 is 14.7 Å². The van der Waals surface area contributed by atoms with Crippen LogP contribution in [0.4, 0.5) is 0 Å². The average molecular weight is 258 g/mol. The van der Waals surface area contributed by atoms with E-state index >= 15 is 0 Å². The van der Waals surface area contributed by atoms with Crippen LogP contribution in [-0.4, -0.2) is 30.1 Å². The molecule has 1 atom stereocenters. The van der Waals surface area contributed by atoms with Gasteiger partial charge in [0.25, 0.3) is 0 Å². The summed E-state index contributed by atoms with van der Waals surface area (Å²) in [5, 5.41) is 12.0. The number of carbonyl (C=O) groups excluding carboxylic acids is 1. The van der Waals surface area contributed by atoms with Gasteiger partial charge in [0.1, 0.15) is 0 Å². The summed E-state index contributed by atoms with van der Waals surface area (Å²) in [6.07, 6.45) is 2.63. The zero-order valence-corrected chi connectivity index (χ0v) is 11.7. The van der Waals surface area contributed by atoms with E-state index in [1.54, 1.807) is 0 Å². The number of nitrogens with one attached hydrogen (secondary N) is 1. The molecular weight excluding hydrogens is 232 g/mol. The van der Waals surface area contributed by atoms with Crippen molar-refractivity contribution in [3.8, 4) is 0 Å². The lowest BCUT2D eigenvalue weighted by Gasteiger charge is -2.27. The SMILES string of the molecule is CCCC(CN)C(=O)NCC(CC)(CC)C(=O)O. The average Bonchev–Trinajstić information content (AvgIpc) is 2.37. The maximum atomic E-state index is 11.9. The zero-order valence-electron chi connectivity index (χ0n) is 11.7. The lowest BCUT2D eigenvalue weighted by Crippen LogP contribution is -2.45. The minimum Gasteiger partial charge on any atom is -0.481 e. The molecule has 0 aromatic heterocycles. The molecule has 0 fully saturated rings. The maximum Gasteiger partial charge on any atom is 0.311 e. The van der Waals surface area contributed by atoms with Crippen molar-refractivity contribution in [2.75, 3.05) is 13.1 Å². The third-order valence-corrected chi connectivity index (χ3v) is 3.70. The molecular formula is C13H26N2O3. The fourth-order valence-electron chi connectivity index (χ4n) is 1.98. The Morgan fingerprint density at radius 3 is 2.17 bits per heavy atom. The second-order valence-corrected chi connectivity index (χ2v) is 4.73. The van der Waals surface area contributed by atoms with E-state index in [0.717, 1.165) is 12.8 Å². The number of rotatable bonds is 9. The van der Waals surface area contributed by atoms with Gasteiger partial charge in [-0.15, -0.1) is 0 Å². The molecule has 0 saturated heterocycles. The van der Waals surface area contributed by atoms with Crippen molar-refractivity contribution >= 4 is 11.9 Å². The summed E-state index contributed by atoms with van der Waals surface area (Å²) in [6, 6.07) is 0. The molecule has 106 valence electrons. The van der Waals surface area contributed by atoms with Crippen molar-refractivity contribution in [2.45, 2.75) is 46.5 Å². The minimum absolute atomic E-state index is 0.133. The first-order chi connectivity index (χ1) is 8.47. The number of aliphatic carboxylic acids is 1. The van der Waals surface area contributed by atoms with Gasteiger partial charge in [-0.2, -0.15) is 0 Å². The summed E-state index contributed by atoms with van der Waals surface area (Å²) in [5.74, 6) is -1.20. The van der Waals surface area contributed by atoms with Gasteiger partial charge >= 0.3 is 5.97 Å². The molecule has 1 unspecified atom stereocenters. The van der Waals surface area contributed by atoms with Crippen LogP contribution in [0, 0.1) is 11.3 Å². The van der Waals surface area contributed by atoms with E-state index in [2.05, 4.69) is 5.32 Å². The van der Waals surface area contributed by atoms with Crippen LogP contribution in [0.3, 0.4) is 0 Å². The van der Waals surface area contributed by atoms with Gasteiger partial charge in [-0.05, 0) is 19.3 Å². The van der Waals surface area contributed by atoms with Crippen molar-refractivity contribution in [2.24, 2.45) is 17.1 Å². The van der Waals surface area contributed by atoms with Crippen LogP contribution in [0.15, 0.2) is 0 Å². The molecule has 0 rings (SSSR count). The third kappa shape index (κ3) is 4.29. The third-order valence-electron chi connectivity index (χ3n) is 3.70. The van der Waals surface area contributed by atoms with E-state index in [1.807, 2.05) is 20.8 Å². The molecule has 0 spiro atoms. The number of hydrogen-bond acceptors (Lipinski definition) is 3. The fraction of sp³-hybridized carbons (Fsp3) is 0.846. The Morgan fingerprint density at radius 1 is 1.28 bits per heavy atom. The lowest BCUT2D eigenvalue weighted by atomic mass is 9.82. The van der Waals surface area contributed by atoms with Gasteiger partial charge in [0, 0.05) is 13.1 Å². The molecule has 5 nitrogen and oxygen atoms in total. The van der Waals surface area contributed by atoms with E-state index in [4.69, 9.17) is 5.73 Å². The molecule has 5 heteroatoms. The summed E-state index contributed by atoms with van der Waals surface area (Å²) in [4.78, 5) is 23.2. The standard InChI is InChI=1S/C13H26N2O3/c1-4-7-10(8-14)11(16)15-9-13(5-2,6-3)12(17)18/h10H,4-9,14H2,1-3H3,(H,15,16)(H,17,18). The first-order valence-electron chi connectivity index (χ1n) is 6.68. The van der Waals surface area contributed by atoms with E-state index in [0.29, 0.717) is 19.4 Å².